The van der Waals surface area contributed by atoms with E-state index in [-0.39, 0.29) is 23.7 Å². The first-order valence-corrected chi connectivity index (χ1v) is 9.41. The predicted octanol–water partition coefficient (Wildman–Crippen LogP) is 2.93. The molecule has 2 heterocycles. The summed E-state index contributed by atoms with van der Waals surface area (Å²) in [5, 5.41) is 14.8. The number of nitrogens with one attached hydrogen (secondary N) is 2. The van der Waals surface area contributed by atoms with Crippen LogP contribution in [0, 0.1) is 12.3 Å². The maximum atomic E-state index is 12.6. The number of rotatable bonds is 6. The van der Waals surface area contributed by atoms with Crippen LogP contribution in [0.25, 0.3) is 0 Å². The number of amides is 1. The Kier molecular flexibility index (Phi) is 7.39. The van der Waals surface area contributed by atoms with E-state index in [0.29, 0.717) is 18.3 Å². The number of carbonyl (C=O) groups excluding carboxylic acids is 1. The second-order valence-electron chi connectivity index (χ2n) is 7.96. The van der Waals surface area contributed by atoms with E-state index >= 15 is 0 Å². The Morgan fingerprint density at radius 2 is 1.93 bits per heavy atom. The number of carbonyl (C=O) groups is 1. The van der Waals surface area contributed by atoms with E-state index in [1.54, 1.807) is 0 Å². The molecular formula is C20H30ClN5O. The summed E-state index contributed by atoms with van der Waals surface area (Å²) in [7, 11) is 0. The summed E-state index contributed by atoms with van der Waals surface area (Å²) >= 11 is 0. The molecule has 2 N–H and O–H groups in total. The third-order valence-corrected chi connectivity index (χ3v) is 5.05. The summed E-state index contributed by atoms with van der Waals surface area (Å²) in [6.07, 6.45) is 2.96. The summed E-state index contributed by atoms with van der Waals surface area (Å²) in [6, 6.07) is 10.7. The minimum Gasteiger partial charge on any atom is -0.350 e. The summed E-state index contributed by atoms with van der Waals surface area (Å²) < 4.78 is 1.92. The second-order valence-corrected chi connectivity index (χ2v) is 7.96. The van der Waals surface area contributed by atoms with Crippen LogP contribution < -0.4 is 10.6 Å². The van der Waals surface area contributed by atoms with Gasteiger partial charge in [0.25, 0.3) is 5.91 Å². The molecule has 0 aliphatic carbocycles. The average molecular weight is 392 g/mol. The van der Waals surface area contributed by atoms with Crippen LogP contribution in [0.2, 0.25) is 0 Å². The Bertz CT molecular complexity index is 738. The number of piperidine rings is 1. The maximum Gasteiger partial charge on any atom is 0.273 e. The molecule has 0 unspecified atom stereocenters. The molecule has 148 valence electrons. The van der Waals surface area contributed by atoms with Crippen molar-refractivity contribution in [2.75, 3.05) is 19.6 Å². The van der Waals surface area contributed by atoms with Gasteiger partial charge in [0.05, 0.1) is 11.7 Å². The molecule has 0 saturated carbocycles. The van der Waals surface area contributed by atoms with Gasteiger partial charge in [-0.05, 0) is 50.3 Å². The highest BCUT2D eigenvalue weighted by atomic mass is 35.5. The van der Waals surface area contributed by atoms with Crippen molar-refractivity contribution in [3.05, 3.63) is 47.3 Å². The molecule has 3 rings (SSSR count). The van der Waals surface area contributed by atoms with Gasteiger partial charge in [0.15, 0.2) is 5.69 Å². The topological polar surface area (TPSA) is 71.8 Å². The minimum atomic E-state index is -0.135. The lowest BCUT2D eigenvalue weighted by molar-refractivity contribution is 0.0930. The molecule has 1 aliphatic heterocycles. The first kappa shape index (κ1) is 21.4. The van der Waals surface area contributed by atoms with Gasteiger partial charge in [-0.2, -0.15) is 0 Å². The fourth-order valence-corrected chi connectivity index (χ4v) is 3.56. The van der Waals surface area contributed by atoms with Crippen LogP contribution in [-0.4, -0.2) is 40.5 Å². The molecule has 1 aromatic heterocycles. The summed E-state index contributed by atoms with van der Waals surface area (Å²) in [5.41, 5.74) is 2.55. The van der Waals surface area contributed by atoms with Gasteiger partial charge in [-0.1, -0.05) is 49.4 Å². The third kappa shape index (κ3) is 5.53. The van der Waals surface area contributed by atoms with Crippen molar-refractivity contribution in [1.82, 2.24) is 25.6 Å². The van der Waals surface area contributed by atoms with Gasteiger partial charge in [-0.15, -0.1) is 17.5 Å². The highest BCUT2D eigenvalue weighted by Crippen LogP contribution is 2.22. The molecule has 7 heteroatoms. The Morgan fingerprint density at radius 1 is 1.26 bits per heavy atom. The van der Waals surface area contributed by atoms with E-state index < -0.39 is 0 Å². The van der Waals surface area contributed by atoms with Crippen LogP contribution in [0.3, 0.4) is 0 Å². The van der Waals surface area contributed by atoms with E-state index in [4.69, 9.17) is 0 Å². The lowest BCUT2D eigenvalue weighted by Crippen LogP contribution is -2.36. The van der Waals surface area contributed by atoms with E-state index in [1.807, 2.05) is 29.8 Å². The van der Waals surface area contributed by atoms with Crippen molar-refractivity contribution in [2.45, 2.75) is 46.1 Å². The zero-order valence-electron chi connectivity index (χ0n) is 16.4. The van der Waals surface area contributed by atoms with E-state index in [0.717, 1.165) is 38.0 Å². The third-order valence-electron chi connectivity index (χ3n) is 5.05. The van der Waals surface area contributed by atoms with Crippen LogP contribution >= 0.6 is 12.4 Å². The normalized spacial score (nSPS) is 15.2. The van der Waals surface area contributed by atoms with Crippen molar-refractivity contribution in [2.24, 2.45) is 5.41 Å². The lowest BCUT2D eigenvalue weighted by Gasteiger charge is -2.25. The van der Waals surface area contributed by atoms with Gasteiger partial charge >= 0.3 is 0 Å². The van der Waals surface area contributed by atoms with Crippen molar-refractivity contribution in [3.63, 3.8) is 0 Å². The maximum absolute atomic E-state index is 12.6. The van der Waals surface area contributed by atoms with E-state index in [1.165, 1.54) is 5.56 Å². The molecule has 27 heavy (non-hydrogen) atoms. The molecule has 0 radical (unpaired) electrons. The molecule has 1 saturated heterocycles. The number of aromatic nitrogens is 3. The standard InChI is InChI=1S/C20H29N5O.ClH/c1-15-18(23-24-25(15)17-9-11-21-12-10-17)19(26)22-14-20(2,3)13-16-7-5-4-6-8-16;/h4-8,17,21H,9-14H2,1-3H3,(H,22,26);1H. The largest absolute Gasteiger partial charge is 0.350 e. The summed E-state index contributed by atoms with van der Waals surface area (Å²) in [6.45, 7) is 8.84. The Labute approximate surface area is 167 Å². The van der Waals surface area contributed by atoms with Crippen molar-refractivity contribution in [3.8, 4) is 0 Å². The van der Waals surface area contributed by atoms with Gasteiger partial charge in [0.1, 0.15) is 0 Å². The zero-order valence-corrected chi connectivity index (χ0v) is 17.2. The number of hydrogen-bond donors (Lipinski definition) is 2. The molecule has 2 aromatic rings. The number of hydrogen-bond acceptors (Lipinski definition) is 4. The van der Waals surface area contributed by atoms with Crippen LogP contribution in [0.5, 0.6) is 0 Å². The predicted molar refractivity (Wildman–Crippen MR) is 109 cm³/mol. The Balaban J connectivity index is 0.00000261. The summed E-state index contributed by atoms with van der Waals surface area (Å²) in [4.78, 5) is 12.6. The zero-order chi connectivity index (χ0) is 18.6. The van der Waals surface area contributed by atoms with E-state index in [2.05, 4.69) is 46.9 Å². The van der Waals surface area contributed by atoms with Gasteiger partial charge in [-0.3, -0.25) is 4.79 Å². The second kappa shape index (κ2) is 9.33. The molecule has 1 aliphatic rings. The van der Waals surface area contributed by atoms with Gasteiger partial charge in [0, 0.05) is 6.54 Å². The van der Waals surface area contributed by atoms with E-state index in [9.17, 15) is 4.79 Å². The fourth-order valence-electron chi connectivity index (χ4n) is 3.56. The smallest absolute Gasteiger partial charge is 0.273 e. The first-order valence-electron chi connectivity index (χ1n) is 9.41. The first-order chi connectivity index (χ1) is 12.5. The molecule has 6 nitrogen and oxygen atoms in total. The fraction of sp³-hybridized carbons (Fsp3) is 0.550. The highest BCUT2D eigenvalue weighted by Gasteiger charge is 2.25. The molecule has 1 amide bonds. The van der Waals surface area contributed by atoms with Crippen LogP contribution in [-0.2, 0) is 6.42 Å². The highest BCUT2D eigenvalue weighted by molar-refractivity contribution is 5.93. The molecule has 1 aromatic carbocycles. The molecule has 1 fully saturated rings. The van der Waals surface area contributed by atoms with Crippen molar-refractivity contribution in [1.29, 1.82) is 0 Å². The number of benzene rings is 1. The van der Waals surface area contributed by atoms with Crippen LogP contribution in [0.4, 0.5) is 0 Å². The van der Waals surface area contributed by atoms with Gasteiger partial charge < -0.3 is 10.6 Å². The van der Waals surface area contributed by atoms with Gasteiger partial charge in [0.2, 0.25) is 0 Å². The minimum absolute atomic E-state index is 0. The summed E-state index contributed by atoms with van der Waals surface area (Å²) in [5.74, 6) is -0.135. The quantitative estimate of drug-likeness (QED) is 0.794. The SMILES string of the molecule is Cc1c(C(=O)NCC(C)(C)Cc2ccccc2)nnn1C1CCNCC1.Cl. The lowest BCUT2D eigenvalue weighted by atomic mass is 9.85. The monoisotopic (exact) mass is 391 g/mol. The van der Waals surface area contributed by atoms with Crippen molar-refractivity contribution < 1.29 is 4.79 Å². The molecule has 0 atom stereocenters. The van der Waals surface area contributed by atoms with Gasteiger partial charge in [-0.25, -0.2) is 4.68 Å². The Morgan fingerprint density at radius 3 is 2.59 bits per heavy atom. The van der Waals surface area contributed by atoms with Crippen molar-refractivity contribution >= 4 is 18.3 Å². The number of nitrogens with zero attached hydrogens (tertiary/aromatic N) is 3. The number of halogens is 1. The Hall–Kier alpha value is -1.92. The van der Waals surface area contributed by atoms with Crippen LogP contribution in [0.15, 0.2) is 30.3 Å². The molecule has 0 bridgehead atoms. The molecular weight excluding hydrogens is 362 g/mol. The van der Waals surface area contributed by atoms with Crippen LogP contribution in [0.1, 0.15) is 54.5 Å². The average Bonchev–Trinajstić information content (AvgIpc) is 3.02. The molecule has 0 spiro atoms.